The minimum atomic E-state index is 0.307. The summed E-state index contributed by atoms with van der Waals surface area (Å²) in [5.74, 6) is 0.307. The van der Waals surface area contributed by atoms with E-state index in [9.17, 15) is 5.11 Å². The second-order valence-electron chi connectivity index (χ2n) is 3.50. The average molecular weight is 195 g/mol. The summed E-state index contributed by atoms with van der Waals surface area (Å²) in [5, 5.41) is 9.70. The average Bonchev–Trinajstić information content (AvgIpc) is 2.22. The summed E-state index contributed by atoms with van der Waals surface area (Å²) >= 11 is 0. The first-order chi connectivity index (χ1) is 7.36. The molecular formula is C13H9NO. The van der Waals surface area contributed by atoms with Crippen LogP contribution in [-0.2, 0) is 0 Å². The molecule has 0 fully saturated rings. The van der Waals surface area contributed by atoms with E-state index >= 15 is 0 Å². The molecule has 0 amide bonds. The van der Waals surface area contributed by atoms with E-state index in [-0.39, 0.29) is 0 Å². The molecule has 0 atom stereocenters. The van der Waals surface area contributed by atoms with Gasteiger partial charge in [-0.2, -0.15) is 0 Å². The normalized spacial score (nSPS) is 12.7. The molecule has 0 saturated heterocycles. The lowest BCUT2D eigenvalue weighted by Gasteiger charge is -2.19. The molecule has 0 radical (unpaired) electrons. The van der Waals surface area contributed by atoms with Crippen molar-refractivity contribution in [1.82, 2.24) is 0 Å². The van der Waals surface area contributed by atoms with Gasteiger partial charge in [0.2, 0.25) is 0 Å². The molecule has 1 aliphatic heterocycles. The number of rotatable bonds is 1. The van der Waals surface area contributed by atoms with Gasteiger partial charge < -0.3 is 5.11 Å². The highest BCUT2D eigenvalue weighted by Crippen LogP contribution is 2.38. The number of phenols is 1. The van der Waals surface area contributed by atoms with E-state index in [2.05, 4.69) is 4.99 Å². The topological polar surface area (TPSA) is 32.6 Å². The summed E-state index contributed by atoms with van der Waals surface area (Å²) < 4.78 is 0. The molecule has 1 heterocycles. The third-order valence-electron chi connectivity index (χ3n) is 2.54. The van der Waals surface area contributed by atoms with Gasteiger partial charge in [-0.3, -0.25) is 0 Å². The van der Waals surface area contributed by atoms with Crippen molar-refractivity contribution in [3.05, 3.63) is 59.7 Å². The van der Waals surface area contributed by atoms with Crippen LogP contribution in [0.5, 0.6) is 5.75 Å². The highest BCUT2D eigenvalue weighted by atomic mass is 16.3. The predicted octanol–water partition coefficient (Wildman–Crippen LogP) is 2.87. The van der Waals surface area contributed by atoms with Crippen molar-refractivity contribution in [2.24, 2.45) is 4.99 Å². The Kier molecular flexibility index (Phi) is 1.62. The summed E-state index contributed by atoms with van der Waals surface area (Å²) in [4.78, 5) is 4.37. The maximum atomic E-state index is 9.70. The quantitative estimate of drug-likeness (QED) is 0.636. The molecule has 2 aromatic carbocycles. The molecule has 0 unspecified atom stereocenters. The number of fused-ring (bicyclic) bond motifs is 1. The lowest BCUT2D eigenvalue weighted by molar-refractivity contribution is 0.474. The van der Waals surface area contributed by atoms with E-state index in [4.69, 9.17) is 0 Å². The third-order valence-corrected chi connectivity index (χ3v) is 2.54. The van der Waals surface area contributed by atoms with Gasteiger partial charge in [0.1, 0.15) is 5.75 Å². The molecule has 0 saturated carbocycles. The Hall–Kier alpha value is -2.09. The fraction of sp³-hybridized carbons (Fsp3) is 0. The molecule has 1 N–H and O–H groups in total. The standard InChI is InChI=1S/C13H9NO/c15-11-8-4-7-10-12(11)13(14-10)9-5-2-1-3-6-9/h1-8,15H. The maximum Gasteiger partial charge on any atom is 0.127 e. The highest BCUT2D eigenvalue weighted by Gasteiger charge is 2.22. The van der Waals surface area contributed by atoms with Crippen molar-refractivity contribution in [1.29, 1.82) is 0 Å². The van der Waals surface area contributed by atoms with E-state index < -0.39 is 0 Å². The van der Waals surface area contributed by atoms with Gasteiger partial charge >= 0.3 is 0 Å². The van der Waals surface area contributed by atoms with Gasteiger partial charge in [0.05, 0.1) is 17.0 Å². The molecule has 1 aliphatic rings. The summed E-state index contributed by atoms with van der Waals surface area (Å²) in [5.41, 5.74) is 3.66. The van der Waals surface area contributed by atoms with Gasteiger partial charge in [-0.15, -0.1) is 0 Å². The van der Waals surface area contributed by atoms with Gasteiger partial charge in [-0.25, -0.2) is 4.99 Å². The first-order valence-electron chi connectivity index (χ1n) is 4.83. The van der Waals surface area contributed by atoms with Gasteiger partial charge in [-0.05, 0) is 12.1 Å². The molecule has 2 heteroatoms. The molecule has 15 heavy (non-hydrogen) atoms. The molecule has 0 spiro atoms. The smallest absolute Gasteiger partial charge is 0.127 e. The van der Waals surface area contributed by atoms with E-state index in [1.165, 1.54) is 0 Å². The van der Waals surface area contributed by atoms with Gasteiger partial charge in [0.15, 0.2) is 0 Å². The van der Waals surface area contributed by atoms with Crippen LogP contribution >= 0.6 is 0 Å². The highest BCUT2D eigenvalue weighted by molar-refractivity contribution is 6.23. The molecule has 72 valence electrons. The number of aliphatic imine (C=N–C) groups is 1. The Balaban J connectivity index is 2.11. The first kappa shape index (κ1) is 8.24. The van der Waals surface area contributed by atoms with Gasteiger partial charge in [0, 0.05) is 5.56 Å². The summed E-state index contributed by atoms with van der Waals surface area (Å²) in [7, 11) is 0. The Labute approximate surface area is 87.5 Å². The van der Waals surface area contributed by atoms with E-state index in [1.54, 1.807) is 12.1 Å². The number of hydrogen-bond donors (Lipinski definition) is 1. The van der Waals surface area contributed by atoms with Crippen LogP contribution in [0, 0.1) is 0 Å². The molecule has 0 aliphatic carbocycles. The Morgan fingerprint density at radius 3 is 2.40 bits per heavy atom. The zero-order valence-corrected chi connectivity index (χ0v) is 8.01. The molecule has 0 bridgehead atoms. The van der Waals surface area contributed by atoms with Crippen LogP contribution in [0.15, 0.2) is 53.5 Å². The Morgan fingerprint density at radius 2 is 1.67 bits per heavy atom. The van der Waals surface area contributed by atoms with Crippen molar-refractivity contribution < 1.29 is 5.11 Å². The second-order valence-corrected chi connectivity index (χ2v) is 3.50. The van der Waals surface area contributed by atoms with Crippen LogP contribution in [0.2, 0.25) is 0 Å². The molecule has 0 aromatic heterocycles. The number of hydrogen-bond acceptors (Lipinski definition) is 2. The summed E-state index contributed by atoms with van der Waals surface area (Å²) in [6.07, 6.45) is 0. The van der Waals surface area contributed by atoms with Crippen molar-refractivity contribution in [3.8, 4) is 5.75 Å². The van der Waals surface area contributed by atoms with Gasteiger partial charge in [-0.1, -0.05) is 36.4 Å². The molecule has 3 rings (SSSR count). The molecule has 2 aromatic rings. The lowest BCUT2D eigenvalue weighted by Crippen LogP contribution is -2.10. The maximum absolute atomic E-state index is 9.70. The molecule has 2 nitrogen and oxygen atoms in total. The number of nitrogens with zero attached hydrogens (tertiary/aromatic N) is 1. The fourth-order valence-electron chi connectivity index (χ4n) is 1.79. The predicted molar refractivity (Wildman–Crippen MR) is 59.8 cm³/mol. The largest absolute Gasteiger partial charge is 0.507 e. The van der Waals surface area contributed by atoms with E-state index in [0.29, 0.717) is 5.75 Å². The van der Waals surface area contributed by atoms with Crippen LogP contribution in [0.1, 0.15) is 11.1 Å². The van der Waals surface area contributed by atoms with Crippen LogP contribution in [-0.4, -0.2) is 10.8 Å². The third kappa shape index (κ3) is 1.15. The van der Waals surface area contributed by atoms with Crippen LogP contribution in [0.25, 0.3) is 0 Å². The van der Waals surface area contributed by atoms with Crippen molar-refractivity contribution in [2.45, 2.75) is 0 Å². The number of aromatic hydroxyl groups is 1. The zero-order valence-electron chi connectivity index (χ0n) is 8.01. The molecular weight excluding hydrogens is 186 g/mol. The number of phenolic OH excluding ortho intramolecular Hbond substituents is 1. The van der Waals surface area contributed by atoms with E-state index in [0.717, 1.165) is 22.5 Å². The van der Waals surface area contributed by atoms with Crippen LogP contribution in [0.3, 0.4) is 0 Å². The van der Waals surface area contributed by atoms with Crippen LogP contribution < -0.4 is 0 Å². The minimum absolute atomic E-state index is 0.307. The SMILES string of the molecule is Oc1cccc2c1C(c1ccccc1)=N2. The zero-order chi connectivity index (χ0) is 10.3. The van der Waals surface area contributed by atoms with Crippen molar-refractivity contribution >= 4 is 11.4 Å². The summed E-state index contributed by atoms with van der Waals surface area (Å²) in [6, 6.07) is 15.3. The first-order valence-corrected chi connectivity index (χ1v) is 4.83. The van der Waals surface area contributed by atoms with Crippen molar-refractivity contribution in [2.75, 3.05) is 0 Å². The Bertz CT molecular complexity index is 544. The monoisotopic (exact) mass is 195 g/mol. The number of benzene rings is 2. The second kappa shape index (κ2) is 2.95. The minimum Gasteiger partial charge on any atom is -0.507 e. The lowest BCUT2D eigenvalue weighted by atomic mass is 9.95. The van der Waals surface area contributed by atoms with E-state index in [1.807, 2.05) is 36.4 Å². The van der Waals surface area contributed by atoms with Crippen LogP contribution in [0.4, 0.5) is 5.69 Å². The summed E-state index contributed by atoms with van der Waals surface area (Å²) in [6.45, 7) is 0. The fourth-order valence-corrected chi connectivity index (χ4v) is 1.79. The van der Waals surface area contributed by atoms with Gasteiger partial charge in [0.25, 0.3) is 0 Å². The van der Waals surface area contributed by atoms with Crippen molar-refractivity contribution in [3.63, 3.8) is 0 Å². The Morgan fingerprint density at radius 1 is 0.867 bits per heavy atom.